The first-order chi connectivity index (χ1) is 7.63. The quantitative estimate of drug-likeness (QED) is 0.660. The number of hydrazine groups is 1. The van der Waals surface area contributed by atoms with Gasteiger partial charge < -0.3 is 10.6 Å². The van der Waals surface area contributed by atoms with E-state index < -0.39 is 0 Å². The molecule has 0 aliphatic carbocycles. The zero-order valence-corrected chi connectivity index (χ0v) is 10.4. The van der Waals surface area contributed by atoms with Crippen LogP contribution in [-0.4, -0.2) is 55.6 Å². The van der Waals surface area contributed by atoms with Gasteiger partial charge in [-0.2, -0.15) is 0 Å². The SMILES string of the molecule is CNN1CCC(N(C)CCCC(N)=O)CC1. The van der Waals surface area contributed by atoms with Gasteiger partial charge in [0.15, 0.2) is 0 Å². The summed E-state index contributed by atoms with van der Waals surface area (Å²) in [4.78, 5) is 13.0. The summed E-state index contributed by atoms with van der Waals surface area (Å²) in [7, 11) is 4.11. The van der Waals surface area contributed by atoms with Crippen LogP contribution in [0.4, 0.5) is 0 Å². The van der Waals surface area contributed by atoms with Gasteiger partial charge in [-0.1, -0.05) is 0 Å². The molecule has 3 N–H and O–H groups in total. The van der Waals surface area contributed by atoms with Crippen molar-refractivity contribution in [3.05, 3.63) is 0 Å². The van der Waals surface area contributed by atoms with Crippen LogP contribution in [-0.2, 0) is 4.79 Å². The van der Waals surface area contributed by atoms with Gasteiger partial charge in [0.2, 0.25) is 5.91 Å². The number of primary amides is 1. The number of nitrogens with two attached hydrogens (primary N) is 1. The zero-order valence-electron chi connectivity index (χ0n) is 10.4. The van der Waals surface area contributed by atoms with Crippen LogP contribution in [0.15, 0.2) is 0 Å². The van der Waals surface area contributed by atoms with Gasteiger partial charge in [-0.3, -0.25) is 10.2 Å². The molecular formula is C11H24N4O. The third-order valence-electron chi connectivity index (χ3n) is 3.34. The summed E-state index contributed by atoms with van der Waals surface area (Å²) >= 11 is 0. The van der Waals surface area contributed by atoms with E-state index in [9.17, 15) is 4.79 Å². The molecule has 0 saturated carbocycles. The Labute approximate surface area is 97.9 Å². The van der Waals surface area contributed by atoms with E-state index in [4.69, 9.17) is 5.73 Å². The van der Waals surface area contributed by atoms with Crippen LogP contribution in [0.25, 0.3) is 0 Å². The lowest BCUT2D eigenvalue weighted by Crippen LogP contribution is -2.47. The second-order valence-corrected chi connectivity index (χ2v) is 4.49. The Morgan fingerprint density at radius 1 is 1.50 bits per heavy atom. The van der Waals surface area contributed by atoms with E-state index >= 15 is 0 Å². The third kappa shape index (κ3) is 4.47. The van der Waals surface area contributed by atoms with Gasteiger partial charge in [0.25, 0.3) is 0 Å². The topological polar surface area (TPSA) is 61.6 Å². The number of hydrogen-bond acceptors (Lipinski definition) is 4. The van der Waals surface area contributed by atoms with Gasteiger partial charge in [-0.15, -0.1) is 0 Å². The highest BCUT2D eigenvalue weighted by atomic mass is 16.1. The molecule has 1 rings (SSSR count). The molecule has 0 aromatic carbocycles. The predicted octanol–water partition coefficient (Wildman–Crippen LogP) is -0.217. The molecule has 1 aliphatic rings. The zero-order chi connectivity index (χ0) is 12.0. The van der Waals surface area contributed by atoms with E-state index in [1.165, 1.54) is 12.8 Å². The normalized spacial score (nSPS) is 19.2. The molecule has 1 fully saturated rings. The minimum absolute atomic E-state index is 0.196. The van der Waals surface area contributed by atoms with Crippen LogP contribution >= 0.6 is 0 Å². The fourth-order valence-electron chi connectivity index (χ4n) is 2.22. The van der Waals surface area contributed by atoms with Crippen LogP contribution in [0.1, 0.15) is 25.7 Å². The molecule has 1 amide bonds. The predicted molar refractivity (Wildman–Crippen MR) is 64.7 cm³/mol. The maximum Gasteiger partial charge on any atom is 0.217 e. The minimum atomic E-state index is -0.196. The number of carbonyl (C=O) groups is 1. The molecule has 5 nitrogen and oxygen atoms in total. The number of nitrogens with zero attached hydrogens (tertiary/aromatic N) is 2. The summed E-state index contributed by atoms with van der Waals surface area (Å²) in [6.07, 6.45) is 3.75. The molecule has 0 aromatic heterocycles. The van der Waals surface area contributed by atoms with Crippen molar-refractivity contribution in [2.45, 2.75) is 31.7 Å². The highest BCUT2D eigenvalue weighted by Crippen LogP contribution is 2.14. The van der Waals surface area contributed by atoms with Crippen molar-refractivity contribution in [1.82, 2.24) is 15.3 Å². The summed E-state index contributed by atoms with van der Waals surface area (Å²) in [5.74, 6) is -0.196. The van der Waals surface area contributed by atoms with E-state index in [1.54, 1.807) is 0 Å². The second-order valence-electron chi connectivity index (χ2n) is 4.49. The molecule has 0 bridgehead atoms. The highest BCUT2D eigenvalue weighted by molar-refractivity contribution is 5.73. The van der Waals surface area contributed by atoms with Crippen molar-refractivity contribution in [3.8, 4) is 0 Å². The largest absolute Gasteiger partial charge is 0.370 e. The molecule has 0 radical (unpaired) electrons. The standard InChI is InChI=1S/C11H24N4O/c1-13-15-8-5-10(6-9-15)14(2)7-3-4-11(12)16/h10,13H,3-9H2,1-2H3,(H2,12,16). The van der Waals surface area contributed by atoms with Crippen molar-refractivity contribution in [1.29, 1.82) is 0 Å². The van der Waals surface area contributed by atoms with Crippen LogP contribution < -0.4 is 11.2 Å². The maximum atomic E-state index is 10.6. The molecule has 1 heterocycles. The molecule has 0 aromatic rings. The number of nitrogens with one attached hydrogen (secondary N) is 1. The number of carbonyl (C=O) groups excluding carboxylic acids is 1. The van der Waals surface area contributed by atoms with Crippen molar-refractivity contribution < 1.29 is 4.79 Å². The van der Waals surface area contributed by atoms with Crippen LogP contribution in [0, 0.1) is 0 Å². The van der Waals surface area contributed by atoms with Gasteiger partial charge >= 0.3 is 0 Å². The molecule has 1 aliphatic heterocycles. The summed E-state index contributed by atoms with van der Waals surface area (Å²) in [6, 6.07) is 0.650. The number of hydrogen-bond donors (Lipinski definition) is 2. The van der Waals surface area contributed by atoms with Gasteiger partial charge in [-0.05, 0) is 39.9 Å². The Bertz CT molecular complexity index is 214. The Balaban J connectivity index is 2.17. The van der Waals surface area contributed by atoms with Gasteiger partial charge in [-0.25, -0.2) is 5.01 Å². The van der Waals surface area contributed by atoms with E-state index in [0.29, 0.717) is 12.5 Å². The van der Waals surface area contributed by atoms with Gasteiger partial charge in [0, 0.05) is 25.6 Å². The Morgan fingerprint density at radius 2 is 2.12 bits per heavy atom. The second kappa shape index (κ2) is 6.83. The average molecular weight is 228 g/mol. The fourth-order valence-corrected chi connectivity index (χ4v) is 2.22. The fraction of sp³-hybridized carbons (Fsp3) is 0.909. The highest BCUT2D eigenvalue weighted by Gasteiger charge is 2.21. The number of piperidine rings is 1. The summed E-state index contributed by atoms with van der Waals surface area (Å²) in [5.41, 5.74) is 8.30. The first-order valence-corrected chi connectivity index (χ1v) is 6.04. The maximum absolute atomic E-state index is 10.6. The Hall–Kier alpha value is -0.650. The van der Waals surface area contributed by atoms with Crippen molar-refractivity contribution in [2.24, 2.45) is 5.73 Å². The van der Waals surface area contributed by atoms with Crippen LogP contribution in [0.5, 0.6) is 0 Å². The Morgan fingerprint density at radius 3 is 2.62 bits per heavy atom. The molecule has 0 unspecified atom stereocenters. The smallest absolute Gasteiger partial charge is 0.217 e. The molecular weight excluding hydrogens is 204 g/mol. The Kier molecular flexibility index (Phi) is 5.73. The number of rotatable bonds is 6. The van der Waals surface area contributed by atoms with E-state index in [-0.39, 0.29) is 5.91 Å². The number of amides is 1. The van der Waals surface area contributed by atoms with Crippen LogP contribution in [0.3, 0.4) is 0 Å². The van der Waals surface area contributed by atoms with Crippen LogP contribution in [0.2, 0.25) is 0 Å². The first kappa shape index (κ1) is 13.4. The first-order valence-electron chi connectivity index (χ1n) is 6.04. The lowest BCUT2D eigenvalue weighted by molar-refractivity contribution is -0.118. The lowest BCUT2D eigenvalue weighted by atomic mass is 10.0. The van der Waals surface area contributed by atoms with Gasteiger partial charge in [0.1, 0.15) is 0 Å². The monoisotopic (exact) mass is 228 g/mol. The van der Waals surface area contributed by atoms with Crippen molar-refractivity contribution in [2.75, 3.05) is 33.7 Å². The third-order valence-corrected chi connectivity index (χ3v) is 3.34. The molecule has 5 heteroatoms. The van der Waals surface area contributed by atoms with E-state index in [2.05, 4.69) is 22.4 Å². The van der Waals surface area contributed by atoms with E-state index in [0.717, 1.165) is 26.1 Å². The summed E-state index contributed by atoms with van der Waals surface area (Å²) in [6.45, 7) is 3.16. The van der Waals surface area contributed by atoms with Gasteiger partial charge in [0.05, 0.1) is 0 Å². The molecule has 94 valence electrons. The molecule has 0 atom stereocenters. The molecule has 0 spiro atoms. The lowest BCUT2D eigenvalue weighted by Gasteiger charge is -2.36. The summed E-state index contributed by atoms with van der Waals surface area (Å²) in [5, 5.41) is 2.24. The molecule has 1 saturated heterocycles. The van der Waals surface area contributed by atoms with Crippen molar-refractivity contribution in [3.63, 3.8) is 0 Å². The molecule has 16 heavy (non-hydrogen) atoms. The van der Waals surface area contributed by atoms with Crippen molar-refractivity contribution >= 4 is 5.91 Å². The average Bonchev–Trinajstić information content (AvgIpc) is 2.28. The van der Waals surface area contributed by atoms with E-state index in [1.807, 2.05) is 7.05 Å². The minimum Gasteiger partial charge on any atom is -0.370 e. The summed E-state index contributed by atoms with van der Waals surface area (Å²) < 4.78 is 0.